The lowest BCUT2D eigenvalue weighted by atomic mass is 9.84. The monoisotopic (exact) mass is 467 g/mol. The highest BCUT2D eigenvalue weighted by Gasteiger charge is 2.29. The van der Waals surface area contributed by atoms with Gasteiger partial charge < -0.3 is 19.3 Å². The molecule has 0 unspecified atom stereocenters. The molecule has 1 fully saturated rings. The van der Waals surface area contributed by atoms with Gasteiger partial charge in [-0.3, -0.25) is 4.79 Å². The zero-order valence-corrected chi connectivity index (χ0v) is 20.3. The molecule has 2 aromatic carbocycles. The highest BCUT2D eigenvalue weighted by atomic mass is 16.5. The van der Waals surface area contributed by atoms with Crippen LogP contribution in [0.15, 0.2) is 48.5 Å². The van der Waals surface area contributed by atoms with E-state index >= 15 is 0 Å². The number of likely N-dealkylation sites (tertiary alicyclic amines) is 1. The van der Waals surface area contributed by atoms with E-state index in [1.807, 2.05) is 42.5 Å². The van der Waals surface area contributed by atoms with Gasteiger partial charge in [0.15, 0.2) is 0 Å². The van der Waals surface area contributed by atoms with E-state index in [1.165, 1.54) is 4.57 Å². The van der Waals surface area contributed by atoms with Crippen LogP contribution in [0.5, 0.6) is 0 Å². The number of carboxylic acids is 1. The van der Waals surface area contributed by atoms with Crippen LogP contribution in [0.4, 0.5) is 0 Å². The number of carboxylic acid groups (broad SMARTS) is 1. The van der Waals surface area contributed by atoms with Gasteiger partial charge in [-0.05, 0) is 76.4 Å². The topological polar surface area (TPSA) is 67.6 Å². The quantitative estimate of drug-likeness (QED) is 0.461. The Morgan fingerprint density at radius 1 is 1.18 bits per heavy atom. The normalized spacial score (nSPS) is 18.3. The molecule has 0 atom stereocenters. The van der Waals surface area contributed by atoms with E-state index in [2.05, 4.69) is 4.90 Å². The maximum absolute atomic E-state index is 11.5. The largest absolute Gasteiger partial charge is 0.481 e. The Balaban J connectivity index is 1.45. The molecule has 182 valence electrons. The molecule has 1 aliphatic rings. The predicted octanol–water partition coefficient (Wildman–Crippen LogP) is 4.86. The van der Waals surface area contributed by atoms with Crippen molar-refractivity contribution in [3.05, 3.63) is 65.5 Å². The summed E-state index contributed by atoms with van der Waals surface area (Å²) in [5.41, 5.74) is 2.23. The summed E-state index contributed by atoms with van der Waals surface area (Å²) in [7, 11) is 0. The Morgan fingerprint density at radius 3 is 2.56 bits per heavy atom. The summed E-state index contributed by atoms with van der Waals surface area (Å²) in [6.45, 7) is 2.72. The van der Waals surface area contributed by atoms with Crippen LogP contribution in [0.2, 0.25) is 0 Å². The molecule has 1 N–H and O–H groups in total. The van der Waals surface area contributed by atoms with Crippen molar-refractivity contribution >= 4 is 17.0 Å². The van der Waals surface area contributed by atoms with Crippen LogP contribution in [-0.4, -0.2) is 58.3 Å². The first-order chi connectivity index (χ1) is 17.9. The van der Waals surface area contributed by atoms with E-state index in [4.69, 9.17) is 15.2 Å². The standard InChI is InChI=1S/C28H37N3O3/c1-4-34-20-19-31-25-8-6-5-7-24(25)29-26(31)22-14-17-30(18-15-22)16-13-21-9-11-23(12-10-21)28(2,3)27(32)33/h5-12,22H,4,13-20H2,1-3H3,(H,32,33)/i19D2,20D2. The number of aromatic nitrogens is 2. The first-order valence-corrected chi connectivity index (χ1v) is 12.1. The van der Waals surface area contributed by atoms with Gasteiger partial charge in [0.1, 0.15) is 5.82 Å². The van der Waals surface area contributed by atoms with Gasteiger partial charge in [0.2, 0.25) is 0 Å². The Labute approximate surface area is 208 Å². The summed E-state index contributed by atoms with van der Waals surface area (Å²) in [5, 5.41) is 9.45. The minimum atomic E-state index is -2.52. The molecule has 34 heavy (non-hydrogen) atoms. The molecule has 2 heterocycles. The first-order valence-electron chi connectivity index (χ1n) is 14.1. The van der Waals surface area contributed by atoms with Crippen LogP contribution in [0.3, 0.4) is 0 Å². The minimum Gasteiger partial charge on any atom is -0.481 e. The van der Waals surface area contributed by atoms with E-state index in [-0.39, 0.29) is 12.5 Å². The number of rotatable bonds is 10. The van der Waals surface area contributed by atoms with E-state index in [0.717, 1.165) is 50.0 Å². The lowest BCUT2D eigenvalue weighted by Crippen LogP contribution is -2.35. The number of aliphatic carboxylic acids is 1. The SMILES string of the molecule is [2H]C([2H])(OCC)C([2H])([2H])n1c(C2CCN(CCc3ccc(C(C)(C)C(=O)O)cc3)CC2)nc2ccccc21. The fourth-order valence-electron chi connectivity index (χ4n) is 4.50. The average molecular weight is 468 g/mol. The number of hydrogen-bond acceptors (Lipinski definition) is 4. The van der Waals surface area contributed by atoms with Gasteiger partial charge >= 0.3 is 5.97 Å². The molecule has 1 saturated heterocycles. The molecule has 0 amide bonds. The number of imidazole rings is 1. The maximum Gasteiger partial charge on any atom is 0.313 e. The highest BCUT2D eigenvalue weighted by molar-refractivity contribution is 5.80. The zero-order valence-electron chi connectivity index (χ0n) is 24.3. The summed E-state index contributed by atoms with van der Waals surface area (Å²) in [4.78, 5) is 18.7. The zero-order chi connectivity index (χ0) is 27.7. The number of para-hydroxylation sites is 2. The molecule has 0 aliphatic carbocycles. The molecule has 0 saturated carbocycles. The maximum atomic E-state index is 11.5. The Morgan fingerprint density at radius 2 is 1.88 bits per heavy atom. The average Bonchev–Trinajstić information content (AvgIpc) is 3.28. The van der Waals surface area contributed by atoms with Gasteiger partial charge in [0.25, 0.3) is 0 Å². The van der Waals surface area contributed by atoms with Crippen LogP contribution in [-0.2, 0) is 27.9 Å². The number of carbonyl (C=O) groups is 1. The van der Waals surface area contributed by atoms with Crippen molar-refractivity contribution in [2.45, 2.75) is 57.9 Å². The van der Waals surface area contributed by atoms with Crippen molar-refractivity contribution in [2.75, 3.05) is 32.8 Å². The van der Waals surface area contributed by atoms with Crippen molar-refractivity contribution in [3.63, 3.8) is 0 Å². The lowest BCUT2D eigenvalue weighted by Gasteiger charge is -2.32. The Kier molecular flexibility index (Phi) is 6.17. The third-order valence-corrected chi connectivity index (χ3v) is 6.84. The second-order valence-corrected chi connectivity index (χ2v) is 9.43. The summed E-state index contributed by atoms with van der Waals surface area (Å²) < 4.78 is 40.8. The summed E-state index contributed by atoms with van der Waals surface area (Å²) in [5.74, 6) is -0.275. The fraction of sp³-hybridized carbons (Fsp3) is 0.500. The third kappa shape index (κ3) is 5.34. The lowest BCUT2D eigenvalue weighted by molar-refractivity contribution is -0.142. The molecule has 6 heteroatoms. The first kappa shape index (κ1) is 19.6. The van der Waals surface area contributed by atoms with Crippen molar-refractivity contribution in [2.24, 2.45) is 0 Å². The van der Waals surface area contributed by atoms with E-state index < -0.39 is 24.4 Å². The fourth-order valence-corrected chi connectivity index (χ4v) is 4.50. The molecule has 3 aromatic rings. The van der Waals surface area contributed by atoms with Crippen LogP contribution < -0.4 is 0 Å². The minimum absolute atomic E-state index is 0.00341. The number of benzene rings is 2. The van der Waals surface area contributed by atoms with Crippen LogP contribution in [0.1, 0.15) is 62.0 Å². The Hall–Kier alpha value is -2.70. The molecular weight excluding hydrogens is 426 g/mol. The number of piperidine rings is 1. The van der Waals surface area contributed by atoms with Gasteiger partial charge in [-0.25, -0.2) is 4.98 Å². The van der Waals surface area contributed by atoms with Crippen molar-refractivity contribution in [1.82, 2.24) is 14.5 Å². The van der Waals surface area contributed by atoms with Crippen LogP contribution in [0, 0.1) is 0 Å². The number of fused-ring (bicyclic) bond motifs is 1. The number of hydrogen-bond donors (Lipinski definition) is 1. The molecule has 4 rings (SSSR count). The van der Waals surface area contributed by atoms with Gasteiger partial charge in [0.05, 0.1) is 28.5 Å². The predicted molar refractivity (Wildman–Crippen MR) is 135 cm³/mol. The summed E-state index contributed by atoms with van der Waals surface area (Å²) in [6.07, 6.45) is 2.44. The molecule has 0 spiro atoms. The van der Waals surface area contributed by atoms with Crippen LogP contribution in [0.25, 0.3) is 11.0 Å². The second kappa shape index (κ2) is 10.7. The summed E-state index contributed by atoms with van der Waals surface area (Å²) in [6, 6.07) is 15.1. The van der Waals surface area contributed by atoms with Crippen molar-refractivity contribution < 1.29 is 20.1 Å². The van der Waals surface area contributed by atoms with Gasteiger partial charge in [-0.1, -0.05) is 36.4 Å². The summed E-state index contributed by atoms with van der Waals surface area (Å²) >= 11 is 0. The molecular formula is C28H37N3O3. The molecule has 0 bridgehead atoms. The molecule has 1 aromatic heterocycles. The molecule has 6 nitrogen and oxygen atoms in total. The van der Waals surface area contributed by atoms with Crippen molar-refractivity contribution in [3.8, 4) is 0 Å². The number of aryl methyl sites for hydroxylation is 1. The van der Waals surface area contributed by atoms with Gasteiger partial charge in [0, 0.05) is 25.6 Å². The van der Waals surface area contributed by atoms with Gasteiger partial charge in [-0.15, -0.1) is 0 Å². The number of ether oxygens (including phenoxy) is 1. The van der Waals surface area contributed by atoms with Crippen molar-refractivity contribution in [1.29, 1.82) is 0 Å². The smallest absolute Gasteiger partial charge is 0.313 e. The highest BCUT2D eigenvalue weighted by Crippen LogP contribution is 2.30. The Bertz CT molecular complexity index is 1270. The van der Waals surface area contributed by atoms with E-state index in [9.17, 15) is 9.90 Å². The van der Waals surface area contributed by atoms with Crippen LogP contribution >= 0.6 is 0 Å². The number of nitrogens with zero attached hydrogens (tertiary/aromatic N) is 3. The van der Waals surface area contributed by atoms with E-state index in [1.54, 1.807) is 26.8 Å². The third-order valence-electron chi connectivity index (χ3n) is 6.84. The second-order valence-electron chi connectivity index (χ2n) is 9.43. The van der Waals surface area contributed by atoms with Gasteiger partial charge in [-0.2, -0.15) is 0 Å². The van der Waals surface area contributed by atoms with E-state index in [0.29, 0.717) is 16.9 Å². The molecule has 0 radical (unpaired) electrons. The molecule has 1 aliphatic heterocycles.